The summed E-state index contributed by atoms with van der Waals surface area (Å²) in [5, 5.41) is 6.12. The highest BCUT2D eigenvalue weighted by Crippen LogP contribution is 2.41. The molecular formula is C24H28F3N5OS. The van der Waals surface area contributed by atoms with Crippen molar-refractivity contribution >= 4 is 28.5 Å². The van der Waals surface area contributed by atoms with Crippen molar-refractivity contribution in [3.8, 4) is 0 Å². The highest BCUT2D eigenvalue weighted by Gasteiger charge is 2.47. The van der Waals surface area contributed by atoms with Gasteiger partial charge in [-0.2, -0.15) is 0 Å². The maximum atomic E-state index is 14.6. The third-order valence-corrected chi connectivity index (χ3v) is 7.26. The van der Waals surface area contributed by atoms with Crippen molar-refractivity contribution in [1.82, 2.24) is 20.2 Å². The summed E-state index contributed by atoms with van der Waals surface area (Å²) in [5.41, 5.74) is 1.93. The number of carbonyl (C=O) groups is 1. The van der Waals surface area contributed by atoms with Gasteiger partial charge in [-0.15, -0.1) is 0 Å². The van der Waals surface area contributed by atoms with Gasteiger partial charge in [-0.3, -0.25) is 4.79 Å². The molecule has 3 heterocycles. The third kappa shape index (κ3) is 5.32. The van der Waals surface area contributed by atoms with Gasteiger partial charge in [0.05, 0.1) is 18.0 Å². The summed E-state index contributed by atoms with van der Waals surface area (Å²) in [4.78, 5) is 24.1. The van der Waals surface area contributed by atoms with E-state index in [0.29, 0.717) is 16.4 Å². The van der Waals surface area contributed by atoms with Crippen LogP contribution in [0, 0.1) is 11.7 Å². The summed E-state index contributed by atoms with van der Waals surface area (Å²) in [7, 11) is 0. The summed E-state index contributed by atoms with van der Waals surface area (Å²) in [6.07, 6.45) is 3.95. The Balaban J connectivity index is 1.61. The fraction of sp³-hybridized carbons (Fsp3) is 0.458. The quantitative estimate of drug-likeness (QED) is 0.620. The number of rotatable bonds is 6. The Kier molecular flexibility index (Phi) is 7.06. The average Bonchev–Trinajstić information content (AvgIpc) is 3.19. The second-order valence-electron chi connectivity index (χ2n) is 8.80. The molecule has 1 aromatic carbocycles. The van der Waals surface area contributed by atoms with E-state index in [2.05, 4.69) is 20.6 Å². The monoisotopic (exact) mass is 491 g/mol. The third-order valence-electron chi connectivity index (χ3n) is 6.11. The minimum atomic E-state index is -2.99. The average molecular weight is 492 g/mol. The number of nitrogens with zero attached hydrogens (tertiary/aromatic N) is 3. The molecule has 0 saturated carbocycles. The molecule has 10 heteroatoms. The highest BCUT2D eigenvalue weighted by atomic mass is 32.2. The van der Waals surface area contributed by atoms with Crippen molar-refractivity contribution in [3.05, 3.63) is 59.3 Å². The number of aryl methyl sites for hydroxylation is 1. The van der Waals surface area contributed by atoms with Gasteiger partial charge in [0.25, 0.3) is 11.8 Å². The van der Waals surface area contributed by atoms with Gasteiger partial charge in [-0.1, -0.05) is 37.7 Å². The van der Waals surface area contributed by atoms with Crippen LogP contribution in [0.2, 0.25) is 0 Å². The normalized spacial score (nSPS) is 24.2. The molecule has 1 aromatic heterocycles. The number of thioether (sulfide) groups is 1. The van der Waals surface area contributed by atoms with Crippen LogP contribution < -0.4 is 10.6 Å². The Hall–Kier alpha value is -2.75. The van der Waals surface area contributed by atoms with Crippen LogP contribution in [-0.2, 0) is 11.2 Å². The first-order valence-corrected chi connectivity index (χ1v) is 12.2. The summed E-state index contributed by atoms with van der Waals surface area (Å²) in [6.45, 7) is 5.20. The molecule has 0 spiro atoms. The number of alkyl halides is 2. The summed E-state index contributed by atoms with van der Waals surface area (Å²) in [5.74, 6) is -3.92. The number of hydrogen-bond acceptors (Lipinski definition) is 6. The van der Waals surface area contributed by atoms with Crippen LogP contribution in [0.3, 0.4) is 0 Å². The second-order valence-corrected chi connectivity index (χ2v) is 10.2. The van der Waals surface area contributed by atoms with E-state index in [1.54, 1.807) is 31.5 Å². The van der Waals surface area contributed by atoms with E-state index in [4.69, 9.17) is 0 Å². The Morgan fingerprint density at radius 1 is 1.24 bits per heavy atom. The van der Waals surface area contributed by atoms with Crippen molar-refractivity contribution in [2.24, 2.45) is 5.92 Å². The number of hydrogen-bond donors (Lipinski definition) is 2. The van der Waals surface area contributed by atoms with Crippen LogP contribution in [0.4, 0.5) is 19.1 Å². The smallest absolute Gasteiger partial charge is 0.271 e. The van der Waals surface area contributed by atoms with Crippen LogP contribution >= 0.6 is 11.8 Å². The molecule has 4 rings (SSSR count). The van der Waals surface area contributed by atoms with Gasteiger partial charge in [0.15, 0.2) is 0 Å². The van der Waals surface area contributed by atoms with Gasteiger partial charge in [0, 0.05) is 30.3 Å². The Bertz CT molecular complexity index is 1060. The minimum absolute atomic E-state index is 0.121. The topological polar surface area (TPSA) is 70.2 Å². The molecule has 0 radical (unpaired) electrons. The fourth-order valence-electron chi connectivity index (χ4n) is 4.35. The Labute approximate surface area is 201 Å². The van der Waals surface area contributed by atoms with E-state index >= 15 is 0 Å². The molecule has 1 fully saturated rings. The maximum Gasteiger partial charge on any atom is 0.271 e. The zero-order chi connectivity index (χ0) is 24.5. The molecule has 182 valence electrons. The number of likely N-dealkylation sites (tertiary alicyclic amines) is 1. The lowest BCUT2D eigenvalue weighted by Gasteiger charge is -2.43. The lowest BCUT2D eigenvalue weighted by atomic mass is 9.88. The molecular weight excluding hydrogens is 463 g/mol. The molecule has 2 aliphatic heterocycles. The van der Waals surface area contributed by atoms with E-state index in [9.17, 15) is 18.0 Å². The minimum Gasteiger partial charge on any atom is -0.368 e. The van der Waals surface area contributed by atoms with Crippen molar-refractivity contribution in [3.63, 3.8) is 0 Å². The van der Waals surface area contributed by atoms with Crippen LogP contribution in [0.25, 0.3) is 4.91 Å². The Morgan fingerprint density at radius 2 is 1.91 bits per heavy atom. The van der Waals surface area contributed by atoms with Crippen LogP contribution in [0.1, 0.15) is 38.3 Å². The number of nitrogens with one attached hydrogen (secondary N) is 2. The predicted octanol–water partition coefficient (Wildman–Crippen LogP) is 4.51. The molecule has 2 aromatic rings. The van der Waals surface area contributed by atoms with Gasteiger partial charge < -0.3 is 15.5 Å². The summed E-state index contributed by atoms with van der Waals surface area (Å²) < 4.78 is 42.6. The number of carbonyl (C=O) groups excluding carboxylic acids is 1. The largest absolute Gasteiger partial charge is 0.368 e. The fourth-order valence-corrected chi connectivity index (χ4v) is 5.42. The number of piperidine rings is 1. The number of amides is 1. The second kappa shape index (κ2) is 9.85. The highest BCUT2D eigenvalue weighted by molar-refractivity contribution is 8.09. The lowest BCUT2D eigenvalue weighted by molar-refractivity contribution is -0.148. The van der Waals surface area contributed by atoms with E-state index in [0.717, 1.165) is 12.0 Å². The number of aromatic nitrogens is 2. The first-order chi connectivity index (χ1) is 16.2. The first kappa shape index (κ1) is 24.4. The van der Waals surface area contributed by atoms with Crippen LogP contribution in [0.15, 0.2) is 42.4 Å². The molecule has 1 amide bonds. The van der Waals surface area contributed by atoms with Gasteiger partial charge in [-0.05, 0) is 42.5 Å². The molecule has 6 nitrogen and oxygen atoms in total. The molecule has 3 atom stereocenters. The van der Waals surface area contributed by atoms with Gasteiger partial charge in [0.1, 0.15) is 11.5 Å². The van der Waals surface area contributed by atoms with Crippen LogP contribution in [-0.4, -0.2) is 51.2 Å². The molecule has 34 heavy (non-hydrogen) atoms. The maximum absolute atomic E-state index is 14.6. The van der Waals surface area contributed by atoms with Crippen molar-refractivity contribution in [2.45, 2.75) is 51.0 Å². The van der Waals surface area contributed by atoms with Gasteiger partial charge in [-0.25, -0.2) is 23.1 Å². The summed E-state index contributed by atoms with van der Waals surface area (Å²) >= 11 is 1.42. The molecule has 2 aliphatic rings. The zero-order valence-corrected chi connectivity index (χ0v) is 20.1. The number of anilines is 1. The van der Waals surface area contributed by atoms with Crippen molar-refractivity contribution in [2.75, 3.05) is 18.4 Å². The van der Waals surface area contributed by atoms with E-state index < -0.39 is 30.3 Å². The predicted molar refractivity (Wildman–Crippen MR) is 128 cm³/mol. The first-order valence-electron chi connectivity index (χ1n) is 11.3. The van der Waals surface area contributed by atoms with E-state index in [1.807, 2.05) is 13.8 Å². The van der Waals surface area contributed by atoms with Crippen molar-refractivity contribution < 1.29 is 18.0 Å². The van der Waals surface area contributed by atoms with E-state index in [1.165, 1.54) is 28.8 Å². The van der Waals surface area contributed by atoms with Crippen molar-refractivity contribution in [1.29, 1.82) is 0 Å². The SMILES string of the molecule is CCc1cnc(NC[C@@H]2[C@H](C)CC(F)(F)CN2C(=O)C2=C(c3ccc(F)cc3)SC(C)N2)nc1. The zero-order valence-electron chi connectivity index (χ0n) is 19.3. The molecule has 2 N–H and O–H groups in total. The number of halogens is 3. The molecule has 1 unspecified atom stereocenters. The standard InChI is InChI=1S/C24H28F3N5OS/c1-4-16-10-28-23(29-11-16)30-12-19-14(2)9-24(26,27)13-32(19)22(33)20-21(34-15(3)31-20)17-5-7-18(25)8-6-17/h5-8,10-11,14-15,19,31H,4,9,12-13H2,1-3H3,(H,28,29,30)/t14-,15?,19-/m1/s1. The molecule has 1 saturated heterocycles. The summed E-state index contributed by atoms with van der Waals surface area (Å²) in [6, 6.07) is 5.35. The van der Waals surface area contributed by atoms with Crippen LogP contribution in [0.5, 0.6) is 0 Å². The lowest BCUT2D eigenvalue weighted by Crippen LogP contribution is -2.58. The molecule has 0 bridgehead atoms. The van der Waals surface area contributed by atoms with E-state index in [-0.39, 0.29) is 29.9 Å². The number of benzene rings is 1. The van der Waals surface area contributed by atoms with Gasteiger partial charge in [0.2, 0.25) is 5.95 Å². The van der Waals surface area contributed by atoms with Gasteiger partial charge >= 0.3 is 0 Å². The Morgan fingerprint density at radius 3 is 2.56 bits per heavy atom. The molecule has 0 aliphatic carbocycles.